The number of likely N-dealkylation sites (tertiary alicyclic amines) is 1. The Hall–Kier alpha value is -2.88. The maximum absolute atomic E-state index is 13.9. The number of hydrogen-bond donors (Lipinski definition) is 4. The molecule has 0 aromatic carbocycles. The van der Waals surface area contributed by atoms with Crippen molar-refractivity contribution >= 4 is 33.6 Å². The Morgan fingerprint density at radius 3 is 2.38 bits per heavy atom. The average molecular weight is 579 g/mol. The van der Waals surface area contributed by atoms with Crippen molar-refractivity contribution in [2.24, 2.45) is 28.6 Å². The predicted molar refractivity (Wildman–Crippen MR) is 146 cm³/mol. The molecule has 4 aliphatic rings. The van der Waals surface area contributed by atoms with Gasteiger partial charge in [-0.2, -0.15) is 5.26 Å². The van der Waals surface area contributed by atoms with E-state index < -0.39 is 51.2 Å². The smallest absolute Gasteiger partial charge is 0.315 e. The first-order valence-electron chi connectivity index (χ1n) is 13.9. The molecule has 2 saturated carbocycles. The molecule has 0 aromatic heterocycles. The van der Waals surface area contributed by atoms with Crippen LogP contribution in [0.1, 0.15) is 60.3 Å². The molecule has 13 heteroatoms. The van der Waals surface area contributed by atoms with Gasteiger partial charge in [0.2, 0.25) is 17.7 Å². The Kier molecular flexibility index (Phi) is 7.67. The fraction of sp³-hybridized carbons (Fsp3) is 0.815. The van der Waals surface area contributed by atoms with Crippen LogP contribution in [0.2, 0.25) is 0 Å². The van der Waals surface area contributed by atoms with E-state index in [1.165, 1.54) is 4.90 Å². The molecule has 1 spiro atoms. The highest BCUT2D eigenvalue weighted by atomic mass is 32.2. The first-order valence-corrected chi connectivity index (χ1v) is 16.0. The van der Waals surface area contributed by atoms with E-state index in [0.717, 1.165) is 19.1 Å². The lowest BCUT2D eigenvalue weighted by Gasteiger charge is -2.37. The molecule has 222 valence electrons. The third-order valence-electron chi connectivity index (χ3n) is 9.15. The fourth-order valence-corrected chi connectivity index (χ4v) is 6.97. The van der Waals surface area contributed by atoms with Crippen LogP contribution in [0, 0.1) is 39.9 Å². The summed E-state index contributed by atoms with van der Waals surface area (Å²) in [5.41, 5.74) is -0.992. The van der Waals surface area contributed by atoms with Crippen molar-refractivity contribution in [2.75, 3.05) is 25.1 Å². The zero-order chi connectivity index (χ0) is 29.8. The molecular formula is C27H42N6O6S. The Bertz CT molecular complexity index is 1230. The van der Waals surface area contributed by atoms with E-state index in [2.05, 4.69) is 41.2 Å². The predicted octanol–water partition coefficient (Wildman–Crippen LogP) is 0.295. The van der Waals surface area contributed by atoms with E-state index in [1.807, 2.05) is 0 Å². The molecule has 4 fully saturated rings. The normalized spacial score (nSPS) is 29.0. The summed E-state index contributed by atoms with van der Waals surface area (Å²) in [5, 5.41) is 20.8. The topological polar surface area (TPSA) is 178 Å². The van der Waals surface area contributed by atoms with Gasteiger partial charge in [-0.25, -0.2) is 13.2 Å². The summed E-state index contributed by atoms with van der Waals surface area (Å²) in [4.78, 5) is 54.1. The highest BCUT2D eigenvalue weighted by Gasteiger charge is 2.70. The number of sulfone groups is 1. The Morgan fingerprint density at radius 2 is 1.85 bits per heavy atom. The number of piperidine rings is 1. The van der Waals surface area contributed by atoms with E-state index in [4.69, 9.17) is 0 Å². The molecule has 6 atom stereocenters. The van der Waals surface area contributed by atoms with Gasteiger partial charge in [0.25, 0.3) is 0 Å². The monoisotopic (exact) mass is 578 g/mol. The number of amides is 5. The van der Waals surface area contributed by atoms with Crippen LogP contribution in [0.25, 0.3) is 0 Å². The van der Waals surface area contributed by atoms with Crippen LogP contribution in [0.5, 0.6) is 0 Å². The molecule has 40 heavy (non-hydrogen) atoms. The van der Waals surface area contributed by atoms with Gasteiger partial charge >= 0.3 is 6.03 Å². The molecule has 2 heterocycles. The van der Waals surface area contributed by atoms with Crippen molar-refractivity contribution in [3.63, 3.8) is 0 Å². The van der Waals surface area contributed by atoms with Crippen molar-refractivity contribution in [1.29, 1.82) is 5.26 Å². The molecule has 0 aromatic rings. The maximum Gasteiger partial charge on any atom is 0.315 e. The van der Waals surface area contributed by atoms with Gasteiger partial charge in [0.15, 0.2) is 0 Å². The molecular weight excluding hydrogens is 536 g/mol. The highest BCUT2D eigenvalue weighted by molar-refractivity contribution is 7.90. The first kappa shape index (κ1) is 30.1. The zero-order valence-corrected chi connectivity index (χ0v) is 25.0. The number of urea groups is 1. The van der Waals surface area contributed by atoms with Gasteiger partial charge < -0.3 is 26.2 Å². The highest BCUT2D eigenvalue weighted by Crippen LogP contribution is 2.65. The second kappa shape index (κ2) is 10.2. The molecule has 0 bridgehead atoms. The standard InChI is InChI=1S/C27H42N6O6S/c1-25(2,3)20(31-24(37)29-9-10-40(6,38)39)23(36)33-14-17-18(26(17,4)5)19(33)22(35)30-16(13-28)11-15-12-27(7-8-27)32-21(15)34/h15-20H,7-12,14H2,1-6H3,(H,30,35)(H,32,34)(H2,29,31,37). The van der Waals surface area contributed by atoms with Crippen LogP contribution < -0.4 is 21.3 Å². The van der Waals surface area contributed by atoms with E-state index in [-0.39, 0.29) is 53.3 Å². The number of hydrogen-bond acceptors (Lipinski definition) is 7. The van der Waals surface area contributed by atoms with Gasteiger partial charge in [0.05, 0.1) is 11.8 Å². The first-order chi connectivity index (χ1) is 18.4. The van der Waals surface area contributed by atoms with Gasteiger partial charge in [-0.05, 0) is 48.3 Å². The summed E-state index contributed by atoms with van der Waals surface area (Å²) in [5.74, 6) is -1.48. The molecule has 6 unspecified atom stereocenters. The van der Waals surface area contributed by atoms with Crippen molar-refractivity contribution in [3.05, 3.63) is 0 Å². The van der Waals surface area contributed by atoms with Crippen LogP contribution in [0.15, 0.2) is 0 Å². The molecule has 0 radical (unpaired) electrons. The summed E-state index contributed by atoms with van der Waals surface area (Å²) in [7, 11) is -3.27. The summed E-state index contributed by atoms with van der Waals surface area (Å²) in [6.07, 6.45) is 3.83. The average Bonchev–Trinajstić information content (AvgIpc) is 3.54. The molecule has 2 aliphatic heterocycles. The quantitative estimate of drug-likeness (QED) is 0.304. The third kappa shape index (κ3) is 6.21. The Balaban J connectivity index is 1.45. The minimum absolute atomic E-state index is 0.0815. The van der Waals surface area contributed by atoms with Crippen LogP contribution in [-0.2, 0) is 24.2 Å². The van der Waals surface area contributed by atoms with E-state index in [1.54, 1.807) is 20.8 Å². The Morgan fingerprint density at radius 1 is 1.20 bits per heavy atom. The number of rotatable bonds is 9. The number of carbonyl (C=O) groups excluding carboxylic acids is 4. The van der Waals surface area contributed by atoms with Crippen molar-refractivity contribution < 1.29 is 27.6 Å². The minimum Gasteiger partial charge on any atom is -0.350 e. The lowest BCUT2D eigenvalue weighted by molar-refractivity contribution is -0.143. The van der Waals surface area contributed by atoms with Gasteiger partial charge in [-0.3, -0.25) is 14.4 Å². The number of nitriles is 1. The second-order valence-corrected chi connectivity index (χ2v) is 16.1. The fourth-order valence-electron chi connectivity index (χ4n) is 6.49. The summed E-state index contributed by atoms with van der Waals surface area (Å²) >= 11 is 0. The number of carbonyl (C=O) groups is 4. The van der Waals surface area contributed by atoms with Crippen molar-refractivity contribution in [3.8, 4) is 6.07 Å². The van der Waals surface area contributed by atoms with E-state index in [0.29, 0.717) is 13.0 Å². The molecule has 4 rings (SSSR count). The zero-order valence-electron chi connectivity index (χ0n) is 24.2. The van der Waals surface area contributed by atoms with Crippen LogP contribution in [0.4, 0.5) is 4.79 Å². The van der Waals surface area contributed by atoms with E-state index >= 15 is 0 Å². The SMILES string of the molecule is CC(C)(C)C(NC(=O)NCCS(C)(=O)=O)C(=O)N1CC2C(C1C(=O)NC(C#N)CC1CC3(CC3)NC1=O)C2(C)C. The molecule has 2 saturated heterocycles. The molecule has 5 amide bonds. The lowest BCUT2D eigenvalue weighted by atomic mass is 9.85. The van der Waals surface area contributed by atoms with Crippen LogP contribution in [-0.4, -0.2) is 85.8 Å². The van der Waals surface area contributed by atoms with E-state index in [9.17, 15) is 32.9 Å². The van der Waals surface area contributed by atoms with Crippen molar-refractivity contribution in [2.45, 2.75) is 84.0 Å². The van der Waals surface area contributed by atoms with Gasteiger partial charge in [-0.1, -0.05) is 34.6 Å². The second-order valence-electron chi connectivity index (χ2n) is 13.8. The summed E-state index contributed by atoms with van der Waals surface area (Å²) in [6, 6.07) is -1.21. The minimum atomic E-state index is -3.27. The Labute approximate surface area is 236 Å². The number of nitrogens with zero attached hydrogens (tertiary/aromatic N) is 2. The molecule has 4 N–H and O–H groups in total. The van der Waals surface area contributed by atoms with Crippen LogP contribution in [0.3, 0.4) is 0 Å². The maximum atomic E-state index is 13.9. The molecule has 2 aliphatic carbocycles. The number of nitrogens with one attached hydrogen (secondary N) is 4. The molecule has 12 nitrogen and oxygen atoms in total. The van der Waals surface area contributed by atoms with Crippen molar-refractivity contribution in [1.82, 2.24) is 26.2 Å². The van der Waals surface area contributed by atoms with Gasteiger partial charge in [0.1, 0.15) is 28.0 Å². The van der Waals surface area contributed by atoms with Gasteiger partial charge in [0, 0.05) is 30.8 Å². The largest absolute Gasteiger partial charge is 0.350 e. The summed E-state index contributed by atoms with van der Waals surface area (Å²) in [6.45, 7) is 9.76. The summed E-state index contributed by atoms with van der Waals surface area (Å²) < 4.78 is 22.8. The van der Waals surface area contributed by atoms with Crippen LogP contribution >= 0.6 is 0 Å². The third-order valence-corrected chi connectivity index (χ3v) is 10.1. The number of fused-ring (bicyclic) bond motifs is 1. The lowest BCUT2D eigenvalue weighted by Crippen LogP contribution is -2.61. The van der Waals surface area contributed by atoms with Gasteiger partial charge in [-0.15, -0.1) is 0 Å².